The van der Waals surface area contributed by atoms with Crippen LogP contribution in [0.4, 0.5) is 11.4 Å². The summed E-state index contributed by atoms with van der Waals surface area (Å²) in [5, 5.41) is 4.12. The van der Waals surface area contributed by atoms with Crippen LogP contribution in [-0.4, -0.2) is 47.6 Å². The van der Waals surface area contributed by atoms with Crippen molar-refractivity contribution in [2.24, 2.45) is 0 Å². The Morgan fingerprint density at radius 1 is 0.974 bits per heavy atom. The third-order valence-electron chi connectivity index (χ3n) is 5.86. The molecule has 9 nitrogen and oxygen atoms in total. The summed E-state index contributed by atoms with van der Waals surface area (Å²) in [6.07, 6.45) is 0.637. The maximum absolute atomic E-state index is 13.6. The summed E-state index contributed by atoms with van der Waals surface area (Å²) >= 11 is 8.96. The molecule has 1 unspecified atom stereocenters. The lowest BCUT2D eigenvalue weighted by atomic mass is 10.1. The zero-order chi connectivity index (χ0) is 27.9. The second-order valence-corrected chi connectivity index (χ2v) is 9.89. The minimum atomic E-state index is -1.06. The summed E-state index contributed by atoms with van der Waals surface area (Å²) in [7, 11) is 1.54. The largest absolute Gasteiger partial charge is 0.497 e. The molecule has 202 valence electrons. The van der Waals surface area contributed by atoms with Crippen LogP contribution in [0.5, 0.6) is 11.5 Å². The van der Waals surface area contributed by atoms with Crippen LogP contribution in [0, 0.1) is 0 Å². The number of ether oxygens (including phenoxy) is 2. The summed E-state index contributed by atoms with van der Waals surface area (Å²) < 4.78 is 11.6. The Kier molecular flexibility index (Phi) is 9.15. The Morgan fingerprint density at radius 2 is 1.62 bits per heavy atom. The van der Waals surface area contributed by atoms with Crippen molar-refractivity contribution in [2.45, 2.75) is 25.8 Å². The molecule has 11 heteroatoms. The van der Waals surface area contributed by atoms with E-state index in [0.29, 0.717) is 35.0 Å². The van der Waals surface area contributed by atoms with Crippen LogP contribution in [0.1, 0.15) is 30.1 Å². The first-order valence-corrected chi connectivity index (χ1v) is 13.4. The topological polar surface area (TPSA) is 100 Å². The highest BCUT2D eigenvalue weighted by Crippen LogP contribution is 2.28. The smallest absolute Gasteiger partial charge is 0.269 e. The predicted molar refractivity (Wildman–Crippen MR) is 156 cm³/mol. The van der Waals surface area contributed by atoms with Crippen molar-refractivity contribution >= 4 is 62.4 Å². The number of anilines is 2. The van der Waals surface area contributed by atoms with Crippen molar-refractivity contribution < 1.29 is 23.9 Å². The number of hydrazine groups is 1. The Hall–Kier alpha value is -3.96. The van der Waals surface area contributed by atoms with Crippen LogP contribution < -0.4 is 25.1 Å². The molecule has 3 amide bonds. The molecule has 4 rings (SSSR count). The number of carbonyl (C=O) groups excluding carboxylic acids is 3. The zero-order valence-electron chi connectivity index (χ0n) is 21.3. The molecule has 1 fully saturated rings. The molecule has 1 aliphatic rings. The minimum Gasteiger partial charge on any atom is -0.497 e. The van der Waals surface area contributed by atoms with Gasteiger partial charge in [0.2, 0.25) is 11.0 Å². The molecule has 0 bridgehead atoms. The standard InChI is InChI=1S/C28H27BrN4O5S/c1-3-16-38-23-12-8-20(9-13-23)30-25(34)17-24-27(36)32(21-10-14-22(37-2)15-11-21)28(39)33(24)31-26(35)18-4-6-19(29)7-5-18/h4-15,24H,3,16-17H2,1-2H3,(H,30,34)(H,31,35). The number of nitrogens with zero attached hydrogens (tertiary/aromatic N) is 2. The molecule has 3 aromatic carbocycles. The van der Waals surface area contributed by atoms with Gasteiger partial charge in [-0.3, -0.25) is 24.7 Å². The highest BCUT2D eigenvalue weighted by atomic mass is 79.9. The van der Waals surface area contributed by atoms with Gasteiger partial charge in [-0.2, -0.15) is 0 Å². The van der Waals surface area contributed by atoms with Gasteiger partial charge in [-0.1, -0.05) is 22.9 Å². The summed E-state index contributed by atoms with van der Waals surface area (Å²) in [6, 6.07) is 19.4. The maximum atomic E-state index is 13.6. The fraction of sp³-hybridized carbons (Fsp3) is 0.214. The first kappa shape index (κ1) is 28.1. The second-order valence-electron chi connectivity index (χ2n) is 8.61. The molecule has 0 aliphatic carbocycles. The van der Waals surface area contributed by atoms with Crippen LogP contribution in [0.25, 0.3) is 0 Å². The van der Waals surface area contributed by atoms with E-state index in [1.165, 1.54) is 9.91 Å². The third kappa shape index (κ3) is 6.73. The lowest BCUT2D eigenvalue weighted by molar-refractivity contribution is -0.124. The van der Waals surface area contributed by atoms with Crippen molar-refractivity contribution in [3.8, 4) is 11.5 Å². The highest BCUT2D eigenvalue weighted by Gasteiger charge is 2.45. The molecule has 1 atom stereocenters. The third-order valence-corrected chi connectivity index (χ3v) is 6.77. The molecule has 3 aromatic rings. The van der Waals surface area contributed by atoms with E-state index in [1.54, 1.807) is 79.9 Å². The molecule has 0 aromatic heterocycles. The van der Waals surface area contributed by atoms with E-state index in [-0.39, 0.29) is 11.5 Å². The lowest BCUT2D eigenvalue weighted by Crippen LogP contribution is -2.49. The summed E-state index contributed by atoms with van der Waals surface area (Å²) in [4.78, 5) is 40.9. The van der Waals surface area contributed by atoms with Crippen LogP contribution in [0.3, 0.4) is 0 Å². The quantitative estimate of drug-likeness (QED) is 0.314. The number of thiocarbonyl (C=S) groups is 1. The number of carbonyl (C=O) groups is 3. The Bertz CT molecular complexity index is 1350. The van der Waals surface area contributed by atoms with Gasteiger partial charge in [0.1, 0.15) is 17.5 Å². The number of rotatable bonds is 10. The second kappa shape index (κ2) is 12.7. The first-order chi connectivity index (χ1) is 18.8. The van der Waals surface area contributed by atoms with Gasteiger partial charge in [-0.15, -0.1) is 0 Å². The van der Waals surface area contributed by atoms with E-state index in [2.05, 4.69) is 26.7 Å². The van der Waals surface area contributed by atoms with E-state index in [4.69, 9.17) is 21.7 Å². The monoisotopic (exact) mass is 610 g/mol. The number of nitrogens with one attached hydrogen (secondary N) is 2. The van der Waals surface area contributed by atoms with Crippen molar-refractivity contribution in [3.63, 3.8) is 0 Å². The summed E-state index contributed by atoms with van der Waals surface area (Å²) in [5.74, 6) is -0.0261. The molecule has 39 heavy (non-hydrogen) atoms. The number of amides is 3. The summed E-state index contributed by atoms with van der Waals surface area (Å²) in [6.45, 7) is 2.62. The van der Waals surface area contributed by atoms with Crippen LogP contribution in [-0.2, 0) is 9.59 Å². The van der Waals surface area contributed by atoms with Crippen molar-refractivity contribution in [1.82, 2.24) is 10.4 Å². The van der Waals surface area contributed by atoms with Gasteiger partial charge in [0, 0.05) is 15.7 Å². The Morgan fingerprint density at radius 3 is 2.23 bits per heavy atom. The first-order valence-electron chi connectivity index (χ1n) is 12.2. The molecule has 0 spiro atoms. The maximum Gasteiger partial charge on any atom is 0.269 e. The molecule has 1 aliphatic heterocycles. The number of halogens is 1. The van der Waals surface area contributed by atoms with E-state index < -0.39 is 23.8 Å². The molecule has 0 saturated carbocycles. The molecular weight excluding hydrogens is 584 g/mol. The molecule has 0 radical (unpaired) electrons. The normalized spacial score (nSPS) is 14.8. The van der Waals surface area contributed by atoms with Gasteiger partial charge in [0.05, 0.1) is 25.8 Å². The van der Waals surface area contributed by atoms with Gasteiger partial charge in [0.25, 0.3) is 11.8 Å². The van der Waals surface area contributed by atoms with E-state index in [0.717, 1.165) is 10.9 Å². The van der Waals surface area contributed by atoms with E-state index in [9.17, 15) is 14.4 Å². The van der Waals surface area contributed by atoms with Crippen LogP contribution >= 0.6 is 28.1 Å². The van der Waals surface area contributed by atoms with Crippen molar-refractivity contribution in [1.29, 1.82) is 0 Å². The van der Waals surface area contributed by atoms with Crippen molar-refractivity contribution in [3.05, 3.63) is 82.8 Å². The van der Waals surface area contributed by atoms with Gasteiger partial charge >= 0.3 is 0 Å². The fourth-order valence-electron chi connectivity index (χ4n) is 3.89. The van der Waals surface area contributed by atoms with Crippen LogP contribution in [0.15, 0.2) is 77.3 Å². The number of hydrogen-bond donors (Lipinski definition) is 2. The number of hydrogen-bond acceptors (Lipinski definition) is 6. The average molecular weight is 612 g/mol. The fourth-order valence-corrected chi connectivity index (χ4v) is 4.52. The van der Waals surface area contributed by atoms with Crippen LogP contribution in [0.2, 0.25) is 0 Å². The molecule has 2 N–H and O–H groups in total. The van der Waals surface area contributed by atoms with Crippen molar-refractivity contribution in [2.75, 3.05) is 23.9 Å². The number of benzene rings is 3. The number of methoxy groups -OCH3 is 1. The predicted octanol–water partition coefficient (Wildman–Crippen LogP) is 4.92. The molecule has 1 saturated heterocycles. The van der Waals surface area contributed by atoms with Gasteiger partial charge < -0.3 is 14.8 Å². The molecular formula is C28H27BrN4O5S. The Balaban J connectivity index is 1.54. The molecule has 1 heterocycles. The van der Waals surface area contributed by atoms with Gasteiger partial charge in [-0.25, -0.2) is 5.01 Å². The van der Waals surface area contributed by atoms with E-state index in [1.807, 2.05) is 6.92 Å². The highest BCUT2D eigenvalue weighted by molar-refractivity contribution is 9.10. The van der Waals surface area contributed by atoms with Gasteiger partial charge in [-0.05, 0) is 91.4 Å². The average Bonchev–Trinajstić information content (AvgIpc) is 3.16. The lowest BCUT2D eigenvalue weighted by Gasteiger charge is -2.24. The summed E-state index contributed by atoms with van der Waals surface area (Å²) in [5.41, 5.74) is 4.12. The minimum absolute atomic E-state index is 0.0471. The van der Waals surface area contributed by atoms with Gasteiger partial charge in [0.15, 0.2) is 0 Å². The zero-order valence-corrected chi connectivity index (χ0v) is 23.8. The van der Waals surface area contributed by atoms with E-state index >= 15 is 0 Å². The Labute approximate surface area is 240 Å². The SMILES string of the molecule is CCCOc1ccc(NC(=O)CC2C(=O)N(c3ccc(OC)cc3)C(=S)N2NC(=O)c2ccc(Br)cc2)cc1.